The molecule has 0 bridgehead atoms. The van der Waals surface area contributed by atoms with E-state index in [2.05, 4.69) is 37.9 Å². The van der Waals surface area contributed by atoms with Gasteiger partial charge in [-0.05, 0) is 91.6 Å². The molecule has 1 unspecified atom stereocenters. The average molecular weight is 530 g/mol. The number of rotatable bonds is 15. The third-order valence-electron chi connectivity index (χ3n) is 7.84. The highest BCUT2D eigenvalue weighted by Crippen LogP contribution is 2.46. The fraction of sp³-hybridized carbons (Fsp3) is 0.613. The molecular formula is C31H47NO6. The van der Waals surface area contributed by atoms with Gasteiger partial charge < -0.3 is 33.7 Å². The van der Waals surface area contributed by atoms with Crippen LogP contribution < -0.4 is 18.9 Å². The SMILES string of the molecule is COCCCOc1cc(CCN(C)CC[C@@H]2C(C(C)C)Cc3cc(OC)c(OC)cc3[C@@H]2O)ccc1OC. The second-order valence-corrected chi connectivity index (χ2v) is 10.6. The first-order chi connectivity index (χ1) is 18.3. The minimum atomic E-state index is -0.515. The predicted octanol–water partition coefficient (Wildman–Crippen LogP) is 5.17. The summed E-state index contributed by atoms with van der Waals surface area (Å²) in [6.45, 7) is 7.64. The van der Waals surface area contributed by atoms with Crippen molar-refractivity contribution >= 4 is 0 Å². The van der Waals surface area contributed by atoms with E-state index in [1.54, 1.807) is 28.4 Å². The Hall–Kier alpha value is -2.48. The third-order valence-corrected chi connectivity index (χ3v) is 7.84. The van der Waals surface area contributed by atoms with Gasteiger partial charge in [-0.25, -0.2) is 0 Å². The largest absolute Gasteiger partial charge is 0.493 e. The quantitative estimate of drug-likeness (QED) is 0.319. The van der Waals surface area contributed by atoms with Crippen LogP contribution in [0.5, 0.6) is 23.0 Å². The molecule has 0 saturated heterocycles. The molecular weight excluding hydrogens is 482 g/mol. The van der Waals surface area contributed by atoms with Gasteiger partial charge in [-0.3, -0.25) is 0 Å². The van der Waals surface area contributed by atoms with E-state index in [4.69, 9.17) is 23.7 Å². The van der Waals surface area contributed by atoms with Crippen molar-refractivity contribution in [1.82, 2.24) is 4.90 Å². The minimum absolute atomic E-state index is 0.191. The molecule has 1 aliphatic carbocycles. The molecule has 0 aliphatic heterocycles. The summed E-state index contributed by atoms with van der Waals surface area (Å²) in [6, 6.07) is 10.2. The summed E-state index contributed by atoms with van der Waals surface area (Å²) in [4.78, 5) is 2.36. The van der Waals surface area contributed by atoms with Crippen molar-refractivity contribution in [3.8, 4) is 23.0 Å². The van der Waals surface area contributed by atoms with Gasteiger partial charge in [0.1, 0.15) is 0 Å². The standard InChI is InChI=1S/C31H47NO6/c1-21(2)25-18-23-19-28(36-6)29(37-7)20-26(23)31(33)24(25)12-14-32(3)13-11-22-9-10-27(35-5)30(17-22)38-16-8-15-34-4/h9-10,17,19-21,24-25,31,33H,8,11-16,18H2,1-7H3/t24-,25?,31-/m1/s1. The van der Waals surface area contributed by atoms with Crippen LogP contribution in [0.2, 0.25) is 0 Å². The van der Waals surface area contributed by atoms with Crippen LogP contribution in [-0.2, 0) is 17.6 Å². The highest BCUT2D eigenvalue weighted by atomic mass is 16.5. The van der Waals surface area contributed by atoms with E-state index in [1.807, 2.05) is 18.2 Å². The maximum atomic E-state index is 11.5. The van der Waals surface area contributed by atoms with Crippen molar-refractivity contribution in [2.45, 2.75) is 45.6 Å². The predicted molar refractivity (Wildman–Crippen MR) is 151 cm³/mol. The van der Waals surface area contributed by atoms with Crippen molar-refractivity contribution in [1.29, 1.82) is 0 Å². The van der Waals surface area contributed by atoms with Crippen LogP contribution in [0.3, 0.4) is 0 Å². The molecule has 38 heavy (non-hydrogen) atoms. The van der Waals surface area contributed by atoms with Crippen molar-refractivity contribution in [2.75, 3.05) is 61.8 Å². The van der Waals surface area contributed by atoms with Crippen LogP contribution in [-0.4, -0.2) is 71.8 Å². The van der Waals surface area contributed by atoms with Gasteiger partial charge in [0.2, 0.25) is 0 Å². The van der Waals surface area contributed by atoms with Gasteiger partial charge >= 0.3 is 0 Å². The van der Waals surface area contributed by atoms with Crippen LogP contribution in [0.25, 0.3) is 0 Å². The van der Waals surface area contributed by atoms with Gasteiger partial charge in [0.05, 0.1) is 34.0 Å². The van der Waals surface area contributed by atoms with E-state index < -0.39 is 6.10 Å². The van der Waals surface area contributed by atoms with Crippen molar-refractivity contribution < 1.29 is 28.8 Å². The first-order valence-electron chi connectivity index (χ1n) is 13.7. The number of hydrogen-bond donors (Lipinski definition) is 1. The number of hydrogen-bond acceptors (Lipinski definition) is 7. The van der Waals surface area contributed by atoms with E-state index in [0.29, 0.717) is 30.8 Å². The molecule has 212 valence electrons. The second kappa shape index (κ2) is 14.6. The van der Waals surface area contributed by atoms with E-state index in [0.717, 1.165) is 61.6 Å². The number of nitrogens with zero attached hydrogens (tertiary/aromatic N) is 1. The van der Waals surface area contributed by atoms with E-state index in [1.165, 1.54) is 11.1 Å². The number of fused-ring (bicyclic) bond motifs is 1. The van der Waals surface area contributed by atoms with Gasteiger partial charge in [-0.1, -0.05) is 19.9 Å². The Balaban J connectivity index is 1.62. The molecule has 7 heteroatoms. The van der Waals surface area contributed by atoms with Crippen LogP contribution in [0.15, 0.2) is 30.3 Å². The molecule has 2 aromatic carbocycles. The summed E-state index contributed by atoms with van der Waals surface area (Å²) in [5.41, 5.74) is 3.36. The molecule has 3 atom stereocenters. The number of ether oxygens (including phenoxy) is 5. The molecule has 0 radical (unpaired) electrons. The van der Waals surface area contributed by atoms with Crippen molar-refractivity contribution in [3.05, 3.63) is 47.0 Å². The van der Waals surface area contributed by atoms with Gasteiger partial charge in [0.25, 0.3) is 0 Å². The second-order valence-electron chi connectivity index (χ2n) is 10.6. The van der Waals surface area contributed by atoms with Crippen LogP contribution >= 0.6 is 0 Å². The maximum Gasteiger partial charge on any atom is 0.161 e. The summed E-state index contributed by atoms with van der Waals surface area (Å²) in [5, 5.41) is 11.5. The molecule has 3 rings (SSSR count). The maximum absolute atomic E-state index is 11.5. The molecule has 0 heterocycles. The van der Waals surface area contributed by atoms with E-state index >= 15 is 0 Å². The third kappa shape index (κ3) is 7.55. The molecule has 2 aromatic rings. The van der Waals surface area contributed by atoms with Crippen LogP contribution in [0.1, 0.15) is 49.5 Å². The number of benzene rings is 2. The van der Waals surface area contributed by atoms with Gasteiger partial charge in [0, 0.05) is 26.7 Å². The summed E-state index contributed by atoms with van der Waals surface area (Å²) in [5.74, 6) is 3.99. The zero-order valence-electron chi connectivity index (χ0n) is 24.3. The Morgan fingerprint density at radius 1 is 0.895 bits per heavy atom. The zero-order valence-corrected chi connectivity index (χ0v) is 24.3. The Bertz CT molecular complexity index is 1010. The Kier molecular flexibility index (Phi) is 11.6. The molecule has 0 aromatic heterocycles. The monoisotopic (exact) mass is 529 g/mol. The van der Waals surface area contributed by atoms with Crippen molar-refractivity contribution in [2.24, 2.45) is 17.8 Å². The van der Waals surface area contributed by atoms with Crippen molar-refractivity contribution in [3.63, 3.8) is 0 Å². The summed E-state index contributed by atoms with van der Waals surface area (Å²) in [6.07, 6.45) is 3.11. The number of methoxy groups -OCH3 is 4. The lowest BCUT2D eigenvalue weighted by Gasteiger charge is -2.40. The normalized spacial score (nSPS) is 18.9. The zero-order chi connectivity index (χ0) is 27.7. The molecule has 0 saturated carbocycles. The fourth-order valence-corrected chi connectivity index (χ4v) is 5.54. The lowest BCUT2D eigenvalue weighted by atomic mass is 9.68. The van der Waals surface area contributed by atoms with Crippen LogP contribution in [0, 0.1) is 17.8 Å². The van der Waals surface area contributed by atoms with Gasteiger partial charge in [-0.2, -0.15) is 0 Å². The highest BCUT2D eigenvalue weighted by Gasteiger charge is 2.37. The number of aliphatic hydroxyl groups is 1. The Morgan fingerprint density at radius 2 is 1.61 bits per heavy atom. The molecule has 0 fully saturated rings. The molecule has 0 spiro atoms. The lowest BCUT2D eigenvalue weighted by Crippen LogP contribution is -2.35. The van der Waals surface area contributed by atoms with Gasteiger partial charge in [-0.15, -0.1) is 0 Å². The van der Waals surface area contributed by atoms with E-state index in [9.17, 15) is 5.11 Å². The van der Waals surface area contributed by atoms with E-state index in [-0.39, 0.29) is 5.92 Å². The molecule has 7 nitrogen and oxygen atoms in total. The first kappa shape index (κ1) is 30.1. The summed E-state index contributed by atoms with van der Waals surface area (Å²) in [7, 11) is 8.82. The van der Waals surface area contributed by atoms with Gasteiger partial charge in [0.15, 0.2) is 23.0 Å². The highest BCUT2D eigenvalue weighted by molar-refractivity contribution is 5.49. The molecule has 1 aliphatic rings. The summed E-state index contributed by atoms with van der Waals surface area (Å²) < 4.78 is 27.6. The molecule has 0 amide bonds. The lowest BCUT2D eigenvalue weighted by molar-refractivity contribution is 0.0318. The molecule has 1 N–H and O–H groups in total. The van der Waals surface area contributed by atoms with Crippen LogP contribution in [0.4, 0.5) is 0 Å². The minimum Gasteiger partial charge on any atom is -0.493 e. The summed E-state index contributed by atoms with van der Waals surface area (Å²) >= 11 is 0. The Labute approximate surface area is 229 Å². The fourth-order valence-electron chi connectivity index (χ4n) is 5.54. The Morgan fingerprint density at radius 3 is 2.26 bits per heavy atom. The topological polar surface area (TPSA) is 69.6 Å². The number of aliphatic hydroxyl groups excluding tert-OH is 1. The first-order valence-corrected chi connectivity index (χ1v) is 13.7. The average Bonchev–Trinajstić information content (AvgIpc) is 2.92. The number of likely N-dealkylation sites (N-methyl/N-ethyl adjacent to an activating group) is 1. The smallest absolute Gasteiger partial charge is 0.161 e.